The minimum absolute atomic E-state index is 0.00414. The first-order valence-electron chi connectivity index (χ1n) is 5.12. The van der Waals surface area contributed by atoms with Crippen LogP contribution in [0.25, 0.3) is 0 Å². The van der Waals surface area contributed by atoms with E-state index in [9.17, 15) is 13.9 Å². The first kappa shape index (κ1) is 12.8. The zero-order chi connectivity index (χ0) is 13.1. The van der Waals surface area contributed by atoms with Crippen LogP contribution < -0.4 is 4.74 Å². The second kappa shape index (κ2) is 5.33. The van der Waals surface area contributed by atoms with Gasteiger partial charge >= 0.3 is 0 Å². The molecule has 94 valence electrons. The molecule has 0 aliphatic carbocycles. The smallest absolute Gasteiger partial charge is 0.134 e. The van der Waals surface area contributed by atoms with Gasteiger partial charge in [0.2, 0.25) is 0 Å². The van der Waals surface area contributed by atoms with E-state index in [-0.39, 0.29) is 18.1 Å². The molecule has 1 N–H and O–H groups in total. The fraction of sp³-hybridized carbons (Fsp3) is 0.0769. The molecule has 2 rings (SSSR count). The van der Waals surface area contributed by atoms with Crippen molar-refractivity contribution in [1.29, 1.82) is 0 Å². The molecule has 0 spiro atoms. The third kappa shape index (κ3) is 2.78. The topological polar surface area (TPSA) is 29.5 Å². The zero-order valence-electron chi connectivity index (χ0n) is 9.16. The molecule has 0 amide bonds. The Bertz CT molecular complexity index is 553. The van der Waals surface area contributed by atoms with E-state index >= 15 is 0 Å². The lowest BCUT2D eigenvalue weighted by atomic mass is 10.2. The zero-order valence-corrected chi connectivity index (χ0v) is 9.92. The van der Waals surface area contributed by atoms with Gasteiger partial charge in [-0.3, -0.25) is 0 Å². The molecule has 0 unspecified atom stereocenters. The fourth-order valence-electron chi connectivity index (χ4n) is 1.50. The van der Waals surface area contributed by atoms with E-state index in [1.165, 1.54) is 0 Å². The van der Waals surface area contributed by atoms with Crippen LogP contribution in [-0.4, -0.2) is 5.11 Å². The summed E-state index contributed by atoms with van der Waals surface area (Å²) in [5.41, 5.74) is 0.365. The molecule has 2 aromatic rings. The van der Waals surface area contributed by atoms with Gasteiger partial charge in [0.15, 0.2) is 0 Å². The lowest BCUT2D eigenvalue weighted by Crippen LogP contribution is -1.93. The van der Waals surface area contributed by atoms with Crippen LogP contribution in [0.3, 0.4) is 0 Å². The third-order valence-electron chi connectivity index (χ3n) is 2.30. The Morgan fingerprint density at radius 3 is 2.39 bits per heavy atom. The van der Waals surface area contributed by atoms with Gasteiger partial charge in [0.1, 0.15) is 23.1 Å². The molecule has 2 aromatic carbocycles. The summed E-state index contributed by atoms with van der Waals surface area (Å²) in [6, 6.07) is 7.60. The highest BCUT2D eigenvalue weighted by atomic mass is 35.5. The SMILES string of the molecule is OCc1c(Cl)cccc1Oc1cc(F)cc(F)c1. The monoisotopic (exact) mass is 270 g/mol. The van der Waals surface area contributed by atoms with Crippen LogP contribution in [0, 0.1) is 11.6 Å². The van der Waals surface area contributed by atoms with Gasteiger partial charge in [0.25, 0.3) is 0 Å². The number of aliphatic hydroxyl groups excluding tert-OH is 1. The van der Waals surface area contributed by atoms with Crippen LogP contribution in [0.1, 0.15) is 5.56 Å². The Morgan fingerprint density at radius 2 is 1.78 bits per heavy atom. The molecule has 2 nitrogen and oxygen atoms in total. The Morgan fingerprint density at radius 1 is 1.11 bits per heavy atom. The van der Waals surface area contributed by atoms with E-state index in [4.69, 9.17) is 16.3 Å². The van der Waals surface area contributed by atoms with Gasteiger partial charge in [0.05, 0.1) is 6.61 Å². The summed E-state index contributed by atoms with van der Waals surface area (Å²) in [6.45, 7) is -0.327. The van der Waals surface area contributed by atoms with E-state index in [1.807, 2.05) is 0 Å². The highest BCUT2D eigenvalue weighted by Crippen LogP contribution is 2.31. The maximum Gasteiger partial charge on any atom is 0.134 e. The quantitative estimate of drug-likeness (QED) is 0.916. The lowest BCUT2D eigenvalue weighted by molar-refractivity contribution is 0.276. The van der Waals surface area contributed by atoms with Crippen molar-refractivity contribution in [3.63, 3.8) is 0 Å². The standard InChI is InChI=1S/C13H9ClF2O2/c14-12-2-1-3-13(11(12)7-17)18-10-5-8(15)4-9(16)6-10/h1-6,17H,7H2. The molecule has 5 heteroatoms. The molecule has 0 aliphatic heterocycles. The molecule has 0 aromatic heterocycles. The van der Waals surface area contributed by atoms with Crippen molar-refractivity contribution in [2.24, 2.45) is 0 Å². The number of aliphatic hydroxyl groups is 1. The predicted molar refractivity (Wildman–Crippen MR) is 63.8 cm³/mol. The summed E-state index contributed by atoms with van der Waals surface area (Å²) in [4.78, 5) is 0. The van der Waals surface area contributed by atoms with Crippen LogP contribution in [0.15, 0.2) is 36.4 Å². The van der Waals surface area contributed by atoms with Crippen molar-refractivity contribution in [3.05, 3.63) is 58.6 Å². The van der Waals surface area contributed by atoms with Crippen LogP contribution in [0.2, 0.25) is 5.02 Å². The average molecular weight is 271 g/mol. The van der Waals surface area contributed by atoms with Crippen molar-refractivity contribution in [3.8, 4) is 11.5 Å². The molecule has 0 heterocycles. The maximum absolute atomic E-state index is 13.0. The Kier molecular flexibility index (Phi) is 3.79. The number of hydrogen-bond acceptors (Lipinski definition) is 2. The minimum atomic E-state index is -0.738. The molecule has 0 atom stereocenters. The van der Waals surface area contributed by atoms with E-state index in [0.717, 1.165) is 18.2 Å². The summed E-state index contributed by atoms with van der Waals surface area (Å²) < 4.78 is 31.3. The van der Waals surface area contributed by atoms with Crippen LogP contribution in [0.5, 0.6) is 11.5 Å². The van der Waals surface area contributed by atoms with Gasteiger partial charge in [-0.05, 0) is 12.1 Å². The maximum atomic E-state index is 13.0. The third-order valence-corrected chi connectivity index (χ3v) is 2.65. The highest BCUT2D eigenvalue weighted by molar-refractivity contribution is 6.31. The second-order valence-electron chi connectivity index (χ2n) is 3.58. The first-order chi connectivity index (χ1) is 8.60. The fourth-order valence-corrected chi connectivity index (χ4v) is 1.73. The van der Waals surface area contributed by atoms with Crippen molar-refractivity contribution < 1.29 is 18.6 Å². The van der Waals surface area contributed by atoms with E-state index in [2.05, 4.69) is 0 Å². The van der Waals surface area contributed by atoms with Crippen molar-refractivity contribution in [2.45, 2.75) is 6.61 Å². The Hall–Kier alpha value is -1.65. The van der Waals surface area contributed by atoms with Crippen LogP contribution in [-0.2, 0) is 6.61 Å². The first-order valence-corrected chi connectivity index (χ1v) is 5.50. The molecule has 0 radical (unpaired) electrons. The molecule has 0 saturated carbocycles. The number of benzene rings is 2. The van der Waals surface area contributed by atoms with E-state index < -0.39 is 11.6 Å². The predicted octanol–water partition coefficient (Wildman–Crippen LogP) is 3.90. The number of ether oxygens (including phenoxy) is 1. The van der Waals surface area contributed by atoms with E-state index in [0.29, 0.717) is 10.6 Å². The van der Waals surface area contributed by atoms with Gasteiger partial charge < -0.3 is 9.84 Å². The van der Waals surface area contributed by atoms with Gasteiger partial charge in [-0.15, -0.1) is 0 Å². The normalized spacial score (nSPS) is 10.4. The molecule has 18 heavy (non-hydrogen) atoms. The molecule has 0 fully saturated rings. The van der Waals surface area contributed by atoms with Crippen molar-refractivity contribution in [1.82, 2.24) is 0 Å². The summed E-state index contributed by atoms with van der Waals surface area (Å²) in [7, 11) is 0. The highest BCUT2D eigenvalue weighted by Gasteiger charge is 2.09. The van der Waals surface area contributed by atoms with Gasteiger partial charge in [-0.25, -0.2) is 8.78 Å². The minimum Gasteiger partial charge on any atom is -0.457 e. The number of hydrogen-bond donors (Lipinski definition) is 1. The average Bonchev–Trinajstić information content (AvgIpc) is 2.27. The summed E-state index contributed by atoms with van der Waals surface area (Å²) in [5, 5.41) is 9.50. The van der Waals surface area contributed by atoms with Gasteiger partial charge in [-0.1, -0.05) is 17.7 Å². The largest absolute Gasteiger partial charge is 0.457 e. The summed E-state index contributed by atoms with van der Waals surface area (Å²) in [5.74, 6) is -1.21. The molecule has 0 aliphatic rings. The Labute approximate surface area is 107 Å². The molecular weight excluding hydrogens is 262 g/mol. The lowest BCUT2D eigenvalue weighted by Gasteiger charge is -2.11. The molecule has 0 bridgehead atoms. The molecular formula is C13H9ClF2O2. The van der Waals surface area contributed by atoms with Crippen molar-refractivity contribution in [2.75, 3.05) is 0 Å². The summed E-state index contributed by atoms with van der Waals surface area (Å²) >= 11 is 5.87. The van der Waals surface area contributed by atoms with Crippen LogP contribution >= 0.6 is 11.6 Å². The number of rotatable bonds is 3. The second-order valence-corrected chi connectivity index (χ2v) is 3.99. The number of halogens is 3. The van der Waals surface area contributed by atoms with E-state index in [1.54, 1.807) is 18.2 Å². The van der Waals surface area contributed by atoms with Crippen molar-refractivity contribution >= 4 is 11.6 Å². The van der Waals surface area contributed by atoms with Gasteiger partial charge in [-0.2, -0.15) is 0 Å². The van der Waals surface area contributed by atoms with Crippen LogP contribution in [0.4, 0.5) is 8.78 Å². The summed E-state index contributed by atoms with van der Waals surface area (Å²) in [6.07, 6.45) is 0. The van der Waals surface area contributed by atoms with Gasteiger partial charge in [0, 0.05) is 28.8 Å². The Balaban J connectivity index is 2.36. The molecule has 0 saturated heterocycles.